The zero-order valence-electron chi connectivity index (χ0n) is 17.6. The first-order valence-corrected chi connectivity index (χ1v) is 11.6. The fraction of sp³-hybridized carbons (Fsp3) is 0.368. The van der Waals surface area contributed by atoms with Crippen LogP contribution in [0.25, 0.3) is 0 Å². The van der Waals surface area contributed by atoms with Crippen LogP contribution >= 0.6 is 23.1 Å². The number of nitrogens with two attached hydrogens (primary N) is 1. The Morgan fingerprint density at radius 2 is 2.21 bits per heavy atom. The van der Waals surface area contributed by atoms with Crippen LogP contribution in [0.15, 0.2) is 34.5 Å². The minimum atomic E-state index is -1.16. The molecule has 12 nitrogen and oxygen atoms in total. The SMILES string of the molecule is C=CC1=C(C(=O)OC(C)OC(=O)CC)N2C(=O)C(NC(=O)C(=NO)c3csc(N)n3)[C@H]2SC1. The van der Waals surface area contributed by atoms with Gasteiger partial charge in [0.05, 0.1) is 0 Å². The Kier molecular flexibility index (Phi) is 7.38. The van der Waals surface area contributed by atoms with Crippen molar-refractivity contribution in [2.45, 2.75) is 38.0 Å². The molecule has 1 aromatic rings. The Morgan fingerprint density at radius 1 is 1.48 bits per heavy atom. The van der Waals surface area contributed by atoms with E-state index >= 15 is 0 Å². The molecule has 0 aliphatic carbocycles. The van der Waals surface area contributed by atoms with Crippen molar-refractivity contribution in [2.24, 2.45) is 5.16 Å². The van der Waals surface area contributed by atoms with Crippen molar-refractivity contribution in [1.82, 2.24) is 15.2 Å². The molecule has 4 N–H and O–H groups in total. The first-order chi connectivity index (χ1) is 15.7. The largest absolute Gasteiger partial charge is 0.425 e. The Labute approximate surface area is 196 Å². The summed E-state index contributed by atoms with van der Waals surface area (Å²) in [4.78, 5) is 54.7. The number of aromatic nitrogens is 1. The summed E-state index contributed by atoms with van der Waals surface area (Å²) in [5, 5.41) is 15.7. The topological polar surface area (TPSA) is 174 Å². The summed E-state index contributed by atoms with van der Waals surface area (Å²) in [6.45, 7) is 6.66. The van der Waals surface area contributed by atoms with Crippen LogP contribution in [0.1, 0.15) is 26.0 Å². The molecule has 0 radical (unpaired) electrons. The van der Waals surface area contributed by atoms with Crippen LogP contribution in [0.3, 0.4) is 0 Å². The number of hydrogen-bond acceptors (Lipinski definition) is 12. The fourth-order valence-electron chi connectivity index (χ4n) is 3.11. The van der Waals surface area contributed by atoms with Crippen LogP contribution in [0.5, 0.6) is 0 Å². The van der Waals surface area contributed by atoms with Crippen LogP contribution in [-0.2, 0) is 28.7 Å². The van der Waals surface area contributed by atoms with Gasteiger partial charge in [-0.2, -0.15) is 0 Å². The van der Waals surface area contributed by atoms with E-state index in [1.165, 1.54) is 35.0 Å². The van der Waals surface area contributed by atoms with E-state index in [-0.39, 0.29) is 22.9 Å². The smallest absolute Gasteiger partial charge is 0.358 e. The lowest BCUT2D eigenvalue weighted by atomic mass is 10.0. The van der Waals surface area contributed by atoms with E-state index in [2.05, 4.69) is 22.0 Å². The lowest BCUT2D eigenvalue weighted by Crippen LogP contribution is -2.71. The number of nitrogens with one attached hydrogen (secondary N) is 1. The molecule has 3 rings (SSSR count). The molecule has 1 fully saturated rings. The van der Waals surface area contributed by atoms with E-state index in [9.17, 15) is 24.4 Å². The lowest BCUT2D eigenvalue weighted by molar-refractivity contribution is -0.184. The predicted octanol–water partition coefficient (Wildman–Crippen LogP) is 0.586. The average Bonchev–Trinajstić information content (AvgIpc) is 3.22. The summed E-state index contributed by atoms with van der Waals surface area (Å²) in [6, 6.07) is -0.986. The summed E-state index contributed by atoms with van der Waals surface area (Å²) in [6.07, 6.45) is 0.391. The molecular formula is C19H21N5O7S2. The zero-order chi connectivity index (χ0) is 24.3. The first kappa shape index (κ1) is 24.3. The molecule has 1 saturated heterocycles. The maximum atomic E-state index is 12.9. The van der Waals surface area contributed by atoms with Crippen LogP contribution in [0.2, 0.25) is 0 Å². The fourth-order valence-corrected chi connectivity index (χ4v) is 4.99. The number of thiazole rings is 1. The molecule has 3 heterocycles. The third-order valence-corrected chi connectivity index (χ3v) is 6.64. The average molecular weight is 496 g/mol. The van der Waals surface area contributed by atoms with Crippen LogP contribution < -0.4 is 11.1 Å². The lowest BCUT2D eigenvalue weighted by Gasteiger charge is -2.49. The third-order valence-electron chi connectivity index (χ3n) is 4.66. The van der Waals surface area contributed by atoms with Gasteiger partial charge in [-0.1, -0.05) is 24.7 Å². The Hall–Kier alpha value is -3.39. The number of ether oxygens (including phenoxy) is 2. The third kappa shape index (κ3) is 4.85. The van der Waals surface area contributed by atoms with Gasteiger partial charge in [-0.15, -0.1) is 23.1 Å². The molecule has 2 aliphatic heterocycles. The Morgan fingerprint density at radius 3 is 2.79 bits per heavy atom. The number of amides is 2. The molecule has 0 aromatic carbocycles. The number of nitrogens with zero attached hydrogens (tertiary/aromatic N) is 3. The number of allylic oxidation sites excluding steroid dienone is 1. The number of thioether (sulfide) groups is 1. The van der Waals surface area contributed by atoms with Gasteiger partial charge in [0.1, 0.15) is 22.8 Å². The van der Waals surface area contributed by atoms with Crippen molar-refractivity contribution in [3.8, 4) is 0 Å². The molecule has 2 aliphatic rings. The molecule has 1 aromatic heterocycles. The van der Waals surface area contributed by atoms with Crippen molar-refractivity contribution in [3.63, 3.8) is 0 Å². The van der Waals surface area contributed by atoms with Crippen LogP contribution in [0.4, 0.5) is 5.13 Å². The minimum Gasteiger partial charge on any atom is -0.425 e. The second-order valence-electron chi connectivity index (χ2n) is 6.77. The number of esters is 2. The number of hydrogen-bond donors (Lipinski definition) is 3. The molecule has 33 heavy (non-hydrogen) atoms. The standard InChI is InChI=1S/C19H21N5O7S2/c1-4-9-6-32-17-13(22-15(26)12(23-29)10-7-33-19(20)21-10)16(27)24(17)14(9)18(28)31-8(3)30-11(25)5-2/h4,7-8,13,17,29H,1,5-6H2,2-3H3,(H2,20,21)(H,22,26)/t8?,13?,17-/m1/s1. The molecule has 0 bridgehead atoms. The monoisotopic (exact) mass is 495 g/mol. The summed E-state index contributed by atoms with van der Waals surface area (Å²) in [7, 11) is 0. The number of anilines is 1. The molecular weight excluding hydrogens is 474 g/mol. The molecule has 2 unspecified atom stereocenters. The van der Waals surface area contributed by atoms with Gasteiger partial charge in [0.25, 0.3) is 11.8 Å². The van der Waals surface area contributed by atoms with Gasteiger partial charge in [-0.3, -0.25) is 19.3 Å². The van der Waals surface area contributed by atoms with Gasteiger partial charge < -0.3 is 25.7 Å². The quantitative estimate of drug-likeness (QED) is 0.116. The number of nitrogen functional groups attached to an aromatic ring is 1. The minimum absolute atomic E-state index is 0.0352. The van der Waals surface area contributed by atoms with Crippen molar-refractivity contribution in [1.29, 1.82) is 0 Å². The van der Waals surface area contributed by atoms with Gasteiger partial charge in [0.15, 0.2) is 10.8 Å². The summed E-state index contributed by atoms with van der Waals surface area (Å²) in [5.74, 6) is -2.48. The number of β-lactam (4-membered cyclic amide) rings is 1. The number of oxime groups is 1. The molecule has 3 atom stereocenters. The molecule has 0 saturated carbocycles. The molecule has 176 valence electrons. The van der Waals surface area contributed by atoms with E-state index in [4.69, 9.17) is 15.2 Å². The highest BCUT2D eigenvalue weighted by Gasteiger charge is 2.54. The zero-order valence-corrected chi connectivity index (χ0v) is 19.3. The number of carbonyl (C=O) groups excluding carboxylic acids is 4. The van der Waals surface area contributed by atoms with Crippen LogP contribution in [0, 0.1) is 0 Å². The van der Waals surface area contributed by atoms with E-state index in [1.54, 1.807) is 6.92 Å². The highest BCUT2D eigenvalue weighted by molar-refractivity contribution is 8.00. The van der Waals surface area contributed by atoms with Crippen molar-refractivity contribution in [2.75, 3.05) is 11.5 Å². The molecule has 14 heteroatoms. The Balaban J connectivity index is 1.74. The van der Waals surface area contributed by atoms with Gasteiger partial charge in [-0.05, 0) is 5.57 Å². The highest BCUT2D eigenvalue weighted by atomic mass is 32.2. The maximum Gasteiger partial charge on any atom is 0.358 e. The summed E-state index contributed by atoms with van der Waals surface area (Å²) in [5.41, 5.74) is 5.64. The Bertz CT molecular complexity index is 1070. The van der Waals surface area contributed by atoms with Gasteiger partial charge in [-0.25, -0.2) is 9.78 Å². The predicted molar refractivity (Wildman–Crippen MR) is 119 cm³/mol. The number of fused-ring (bicyclic) bond motifs is 1. The number of rotatable bonds is 8. The van der Waals surface area contributed by atoms with E-state index in [1.807, 2.05) is 0 Å². The van der Waals surface area contributed by atoms with Crippen molar-refractivity contribution in [3.05, 3.63) is 35.0 Å². The normalized spacial score (nSPS) is 21.0. The van der Waals surface area contributed by atoms with Crippen molar-refractivity contribution >= 4 is 57.7 Å². The summed E-state index contributed by atoms with van der Waals surface area (Å²) >= 11 is 2.36. The number of carbonyl (C=O) groups is 4. The highest BCUT2D eigenvalue weighted by Crippen LogP contribution is 2.41. The van der Waals surface area contributed by atoms with E-state index in [0.29, 0.717) is 11.3 Å². The molecule has 2 amide bonds. The summed E-state index contributed by atoms with van der Waals surface area (Å²) < 4.78 is 10.1. The van der Waals surface area contributed by atoms with Crippen LogP contribution in [-0.4, -0.2) is 68.0 Å². The van der Waals surface area contributed by atoms with Gasteiger partial charge in [0, 0.05) is 24.5 Å². The van der Waals surface area contributed by atoms with E-state index in [0.717, 1.165) is 11.3 Å². The maximum absolute atomic E-state index is 12.9. The second-order valence-corrected chi connectivity index (χ2v) is 8.77. The first-order valence-electron chi connectivity index (χ1n) is 9.66. The van der Waals surface area contributed by atoms with Gasteiger partial charge >= 0.3 is 11.9 Å². The molecule has 0 spiro atoms. The van der Waals surface area contributed by atoms with Crippen molar-refractivity contribution < 1.29 is 33.9 Å². The second kappa shape index (κ2) is 10.0. The van der Waals surface area contributed by atoms with Gasteiger partial charge in [0.2, 0.25) is 6.29 Å². The van der Waals surface area contributed by atoms with E-state index < -0.39 is 47.2 Å².